The molecule has 2 fully saturated rings. The van der Waals surface area contributed by atoms with Crippen molar-refractivity contribution in [2.45, 2.75) is 63.0 Å². The number of nitrogens with one attached hydrogen (secondary N) is 1. The van der Waals surface area contributed by atoms with Crippen LogP contribution >= 0.6 is 11.8 Å². The van der Waals surface area contributed by atoms with Gasteiger partial charge >= 0.3 is 0 Å². The molecule has 2 aliphatic rings. The van der Waals surface area contributed by atoms with E-state index in [1.54, 1.807) is 0 Å². The van der Waals surface area contributed by atoms with Crippen LogP contribution in [0.1, 0.15) is 45.4 Å². The van der Waals surface area contributed by atoms with Gasteiger partial charge in [0.05, 0.1) is 6.61 Å². The molecule has 1 aliphatic heterocycles. The third-order valence-corrected chi connectivity index (χ3v) is 5.11. The molecule has 0 aromatic carbocycles. The van der Waals surface area contributed by atoms with E-state index in [1.807, 2.05) is 0 Å². The first-order valence-corrected chi connectivity index (χ1v) is 8.53. The minimum atomic E-state index is 0.0601. The highest BCUT2D eigenvalue weighted by Gasteiger charge is 2.26. The summed E-state index contributed by atoms with van der Waals surface area (Å²) in [5.74, 6) is 1.23. The van der Waals surface area contributed by atoms with Crippen LogP contribution in [0.5, 0.6) is 0 Å². The monoisotopic (exact) mass is 273 g/mol. The summed E-state index contributed by atoms with van der Waals surface area (Å²) in [6.45, 7) is 4.87. The van der Waals surface area contributed by atoms with Crippen LogP contribution in [0.25, 0.3) is 0 Å². The Hall–Kier alpha value is 0.230. The molecule has 3 nitrogen and oxygen atoms in total. The summed E-state index contributed by atoms with van der Waals surface area (Å²) in [4.78, 5) is 0. The van der Waals surface area contributed by atoms with Crippen LogP contribution in [0.3, 0.4) is 0 Å². The molecular formula is C14H27NO2S. The highest BCUT2D eigenvalue weighted by Crippen LogP contribution is 2.29. The molecule has 1 saturated heterocycles. The van der Waals surface area contributed by atoms with Crippen LogP contribution in [0.2, 0.25) is 0 Å². The average molecular weight is 273 g/mol. The van der Waals surface area contributed by atoms with Crippen LogP contribution in [0.15, 0.2) is 0 Å². The Morgan fingerprint density at radius 1 is 1.22 bits per heavy atom. The molecule has 0 bridgehead atoms. The fourth-order valence-electron chi connectivity index (χ4n) is 2.85. The molecule has 4 heteroatoms. The second-order valence-electron chi connectivity index (χ2n) is 5.15. The van der Waals surface area contributed by atoms with E-state index in [0.717, 1.165) is 31.4 Å². The molecule has 18 heavy (non-hydrogen) atoms. The zero-order valence-corrected chi connectivity index (χ0v) is 12.3. The zero-order chi connectivity index (χ0) is 12.6. The molecule has 0 aromatic heterocycles. The van der Waals surface area contributed by atoms with Crippen molar-refractivity contribution < 1.29 is 9.47 Å². The van der Waals surface area contributed by atoms with E-state index in [2.05, 4.69) is 24.0 Å². The Kier molecular flexibility index (Phi) is 6.84. The lowest BCUT2D eigenvalue weighted by Gasteiger charge is -2.24. The van der Waals surface area contributed by atoms with Crippen molar-refractivity contribution in [3.05, 3.63) is 0 Å². The van der Waals surface area contributed by atoms with Gasteiger partial charge in [0.15, 0.2) is 6.29 Å². The number of ether oxygens (including phenoxy) is 2. The van der Waals surface area contributed by atoms with E-state index in [4.69, 9.17) is 9.47 Å². The summed E-state index contributed by atoms with van der Waals surface area (Å²) in [6.07, 6.45) is 7.65. The van der Waals surface area contributed by atoms with Crippen LogP contribution in [0.4, 0.5) is 0 Å². The molecule has 1 heterocycles. The average Bonchev–Trinajstić information content (AvgIpc) is 2.84. The summed E-state index contributed by atoms with van der Waals surface area (Å²) in [6, 6.07) is 0.700. The van der Waals surface area contributed by atoms with Gasteiger partial charge in [-0.3, -0.25) is 0 Å². The second kappa shape index (κ2) is 8.41. The quantitative estimate of drug-likeness (QED) is 0.723. The summed E-state index contributed by atoms with van der Waals surface area (Å²) in [7, 11) is 0. The molecule has 106 valence electrons. The first kappa shape index (κ1) is 14.6. The molecule has 3 atom stereocenters. The summed E-state index contributed by atoms with van der Waals surface area (Å²) in [5, 5.41) is 4.47. The number of rotatable bonds is 7. The van der Waals surface area contributed by atoms with Gasteiger partial charge in [-0.1, -0.05) is 13.3 Å². The molecule has 0 unspecified atom stereocenters. The topological polar surface area (TPSA) is 30.5 Å². The van der Waals surface area contributed by atoms with Gasteiger partial charge < -0.3 is 14.8 Å². The Morgan fingerprint density at radius 2 is 2.17 bits per heavy atom. The van der Waals surface area contributed by atoms with Crippen LogP contribution in [-0.4, -0.2) is 43.1 Å². The number of hydrogen-bond donors (Lipinski definition) is 1. The normalized spacial score (nSPS) is 32.8. The first-order chi connectivity index (χ1) is 8.90. The lowest BCUT2D eigenvalue weighted by atomic mass is 10.2. The van der Waals surface area contributed by atoms with Crippen molar-refractivity contribution in [1.29, 1.82) is 0 Å². The Bertz CT molecular complexity index is 222. The Balaban J connectivity index is 1.54. The van der Waals surface area contributed by atoms with Crippen molar-refractivity contribution in [3.8, 4) is 0 Å². The second-order valence-corrected chi connectivity index (χ2v) is 6.67. The number of hydrogen-bond acceptors (Lipinski definition) is 4. The van der Waals surface area contributed by atoms with Gasteiger partial charge in [0.2, 0.25) is 0 Å². The summed E-state index contributed by atoms with van der Waals surface area (Å²) in [5.41, 5.74) is 0. The van der Waals surface area contributed by atoms with E-state index in [-0.39, 0.29) is 6.29 Å². The van der Waals surface area contributed by atoms with Crippen molar-refractivity contribution in [1.82, 2.24) is 5.32 Å². The van der Waals surface area contributed by atoms with Crippen LogP contribution in [-0.2, 0) is 9.47 Å². The molecule has 1 saturated carbocycles. The largest absolute Gasteiger partial charge is 0.353 e. The predicted octanol–water partition coefficient (Wildman–Crippen LogP) is 2.79. The maximum absolute atomic E-state index is 5.75. The Morgan fingerprint density at radius 3 is 2.94 bits per heavy atom. The van der Waals surface area contributed by atoms with Crippen molar-refractivity contribution in [2.24, 2.45) is 0 Å². The Labute approximate surface area is 115 Å². The summed E-state index contributed by atoms with van der Waals surface area (Å²) < 4.78 is 11.3. The third kappa shape index (κ3) is 4.72. The van der Waals surface area contributed by atoms with Crippen molar-refractivity contribution in [3.63, 3.8) is 0 Å². The fraction of sp³-hybridized carbons (Fsp3) is 1.00. The van der Waals surface area contributed by atoms with Gasteiger partial charge in [0.1, 0.15) is 0 Å². The van der Waals surface area contributed by atoms with Crippen molar-refractivity contribution in [2.75, 3.05) is 25.5 Å². The lowest BCUT2D eigenvalue weighted by molar-refractivity contribution is -0.161. The maximum atomic E-state index is 5.75. The van der Waals surface area contributed by atoms with E-state index in [9.17, 15) is 0 Å². The number of thioether (sulfide) groups is 1. The maximum Gasteiger partial charge on any atom is 0.157 e. The minimum absolute atomic E-state index is 0.0601. The molecule has 1 N–H and O–H groups in total. The third-order valence-electron chi connectivity index (χ3n) is 3.78. The highest BCUT2D eigenvalue weighted by atomic mass is 32.2. The molecule has 1 aliphatic carbocycles. The standard InChI is InChI=1S/C14H27NO2S/c1-2-18-13-7-5-6-12(13)15-9-11-17-14-8-3-4-10-16-14/h12-15H,2-11H2,1H3/t12-,13+,14+/m0/s1. The highest BCUT2D eigenvalue weighted by molar-refractivity contribution is 7.99. The van der Waals surface area contributed by atoms with Crippen LogP contribution < -0.4 is 5.32 Å². The van der Waals surface area contributed by atoms with Gasteiger partial charge in [0.25, 0.3) is 0 Å². The van der Waals surface area contributed by atoms with Gasteiger partial charge in [-0.15, -0.1) is 0 Å². The van der Waals surface area contributed by atoms with E-state index in [0.29, 0.717) is 6.04 Å². The molecule has 0 spiro atoms. The van der Waals surface area contributed by atoms with Crippen LogP contribution in [0, 0.1) is 0 Å². The van der Waals surface area contributed by atoms with Crippen molar-refractivity contribution >= 4 is 11.8 Å². The molecule has 2 rings (SSSR count). The predicted molar refractivity (Wildman–Crippen MR) is 77.1 cm³/mol. The molecule has 0 aromatic rings. The molecule has 0 amide bonds. The smallest absolute Gasteiger partial charge is 0.157 e. The van der Waals surface area contributed by atoms with Gasteiger partial charge in [-0.25, -0.2) is 0 Å². The first-order valence-electron chi connectivity index (χ1n) is 7.48. The van der Waals surface area contributed by atoms with E-state index < -0.39 is 0 Å². The van der Waals surface area contributed by atoms with Gasteiger partial charge in [-0.05, 0) is 37.9 Å². The zero-order valence-electron chi connectivity index (χ0n) is 11.5. The SMILES string of the molecule is CCS[C@@H]1CCC[C@@H]1NCCO[C@@H]1CCCCO1. The van der Waals surface area contributed by atoms with Gasteiger partial charge in [0, 0.05) is 24.4 Å². The van der Waals surface area contributed by atoms with Gasteiger partial charge in [-0.2, -0.15) is 11.8 Å². The molecule has 0 radical (unpaired) electrons. The lowest BCUT2D eigenvalue weighted by Crippen LogP contribution is -2.37. The fourth-order valence-corrected chi connectivity index (χ4v) is 4.08. The minimum Gasteiger partial charge on any atom is -0.353 e. The summed E-state index contributed by atoms with van der Waals surface area (Å²) >= 11 is 2.11. The van der Waals surface area contributed by atoms with E-state index in [1.165, 1.54) is 37.9 Å². The van der Waals surface area contributed by atoms with E-state index >= 15 is 0 Å². The molecular weight excluding hydrogens is 246 g/mol.